The first-order valence-corrected chi connectivity index (χ1v) is 7.88. The van der Waals surface area contributed by atoms with Crippen LogP contribution < -0.4 is 15.5 Å². The summed E-state index contributed by atoms with van der Waals surface area (Å²) in [7, 11) is 5.82. The fraction of sp³-hybridized carbons (Fsp3) is 0.0500. The molecule has 0 atom stereocenters. The van der Waals surface area contributed by atoms with Crippen LogP contribution in [0.4, 0.5) is 5.69 Å². The van der Waals surface area contributed by atoms with Gasteiger partial charge in [0.25, 0.3) is 5.91 Å². The van der Waals surface area contributed by atoms with E-state index in [1.54, 1.807) is 60.9 Å². The van der Waals surface area contributed by atoms with Crippen molar-refractivity contribution >= 4 is 24.9 Å². The number of hydrogen-bond donors (Lipinski definition) is 1. The number of anilines is 1. The van der Waals surface area contributed by atoms with E-state index in [2.05, 4.69) is 16.4 Å². The van der Waals surface area contributed by atoms with Gasteiger partial charge in [0.15, 0.2) is 0 Å². The second-order valence-corrected chi connectivity index (χ2v) is 5.55. The van der Waals surface area contributed by atoms with Crippen LogP contribution in [0.1, 0.15) is 21.5 Å². The molecule has 1 N–H and O–H groups in total. The van der Waals surface area contributed by atoms with E-state index in [-0.39, 0.29) is 12.5 Å². The first-order chi connectivity index (χ1) is 12.7. The first kappa shape index (κ1) is 17.2. The molecular weight excluding hydrogens is 325 g/mol. The molecule has 26 heavy (non-hydrogen) atoms. The molecular formula is C20H14BN3O2. The Morgan fingerprint density at radius 1 is 1.19 bits per heavy atom. The monoisotopic (exact) mass is 339 g/mol. The third kappa shape index (κ3) is 4.28. The van der Waals surface area contributed by atoms with Crippen molar-refractivity contribution in [3.05, 3.63) is 83.7 Å². The smallest absolute Gasteiger partial charge is 0.259 e. The van der Waals surface area contributed by atoms with Crippen LogP contribution in [0, 0.1) is 11.3 Å². The number of nitrogens with one attached hydrogen (secondary N) is 1. The van der Waals surface area contributed by atoms with Gasteiger partial charge >= 0.3 is 0 Å². The zero-order chi connectivity index (χ0) is 18.4. The van der Waals surface area contributed by atoms with E-state index in [0.29, 0.717) is 28.0 Å². The zero-order valence-corrected chi connectivity index (χ0v) is 13.8. The van der Waals surface area contributed by atoms with E-state index in [9.17, 15) is 4.79 Å². The van der Waals surface area contributed by atoms with Crippen molar-refractivity contribution in [1.82, 2.24) is 4.98 Å². The predicted octanol–water partition coefficient (Wildman–Crippen LogP) is 2.58. The Kier molecular flexibility index (Phi) is 5.30. The molecule has 1 heterocycles. The Balaban J connectivity index is 1.79. The lowest BCUT2D eigenvalue weighted by atomic mass is 9.93. The van der Waals surface area contributed by atoms with Crippen molar-refractivity contribution in [1.29, 1.82) is 5.26 Å². The number of ether oxygens (including phenoxy) is 1. The lowest BCUT2D eigenvalue weighted by molar-refractivity contribution is 0.102. The topological polar surface area (TPSA) is 75.0 Å². The zero-order valence-electron chi connectivity index (χ0n) is 13.8. The molecule has 5 nitrogen and oxygen atoms in total. The summed E-state index contributed by atoms with van der Waals surface area (Å²) in [6, 6.07) is 17.6. The normalized spacial score (nSPS) is 9.96. The highest BCUT2D eigenvalue weighted by Crippen LogP contribution is 2.20. The van der Waals surface area contributed by atoms with E-state index in [4.69, 9.17) is 17.8 Å². The molecule has 3 rings (SSSR count). The van der Waals surface area contributed by atoms with Gasteiger partial charge in [0.1, 0.15) is 20.2 Å². The minimum absolute atomic E-state index is 0.229. The van der Waals surface area contributed by atoms with Gasteiger partial charge < -0.3 is 10.1 Å². The molecule has 0 aliphatic rings. The first-order valence-electron chi connectivity index (χ1n) is 7.88. The van der Waals surface area contributed by atoms with Gasteiger partial charge in [-0.15, -0.1) is 0 Å². The van der Waals surface area contributed by atoms with Crippen LogP contribution in [0.2, 0.25) is 0 Å². The summed E-state index contributed by atoms with van der Waals surface area (Å²) in [6.07, 6.45) is 3.18. The van der Waals surface area contributed by atoms with Crippen molar-refractivity contribution in [2.45, 2.75) is 6.61 Å². The minimum Gasteiger partial charge on any atom is -0.488 e. The van der Waals surface area contributed by atoms with Gasteiger partial charge in [-0.1, -0.05) is 29.7 Å². The van der Waals surface area contributed by atoms with Crippen molar-refractivity contribution in [3.63, 3.8) is 0 Å². The molecule has 0 aliphatic carbocycles. The maximum absolute atomic E-state index is 12.6. The summed E-state index contributed by atoms with van der Waals surface area (Å²) in [5.41, 5.74) is 2.75. The van der Waals surface area contributed by atoms with Gasteiger partial charge in [-0.2, -0.15) is 5.26 Å². The largest absolute Gasteiger partial charge is 0.488 e. The number of rotatable bonds is 5. The van der Waals surface area contributed by atoms with Crippen molar-refractivity contribution in [2.75, 3.05) is 5.32 Å². The molecule has 0 saturated carbocycles. The molecule has 0 saturated heterocycles. The Labute approximate surface area is 152 Å². The summed E-state index contributed by atoms with van der Waals surface area (Å²) in [5, 5.41) is 11.7. The van der Waals surface area contributed by atoms with Crippen LogP contribution in [0.15, 0.2) is 67.0 Å². The van der Waals surface area contributed by atoms with Crippen LogP contribution in [0.3, 0.4) is 0 Å². The number of nitrogens with zero attached hydrogens (tertiary/aromatic N) is 2. The Morgan fingerprint density at radius 2 is 2.08 bits per heavy atom. The molecule has 6 heteroatoms. The molecule has 3 aromatic rings. The average Bonchev–Trinajstić information content (AvgIpc) is 2.68. The number of amides is 1. The highest BCUT2D eigenvalue weighted by atomic mass is 16.5. The summed E-state index contributed by atoms with van der Waals surface area (Å²) in [4.78, 5) is 16.5. The van der Waals surface area contributed by atoms with E-state index in [1.165, 1.54) is 0 Å². The highest BCUT2D eigenvalue weighted by Gasteiger charge is 2.13. The van der Waals surface area contributed by atoms with Crippen LogP contribution >= 0.6 is 0 Å². The summed E-state index contributed by atoms with van der Waals surface area (Å²) in [6.45, 7) is 0.229. The molecule has 1 amide bonds. The molecule has 0 fully saturated rings. The van der Waals surface area contributed by atoms with Crippen LogP contribution in [-0.2, 0) is 6.61 Å². The van der Waals surface area contributed by atoms with E-state index >= 15 is 0 Å². The van der Waals surface area contributed by atoms with Crippen molar-refractivity contribution in [2.24, 2.45) is 0 Å². The lowest BCUT2D eigenvalue weighted by Crippen LogP contribution is -2.17. The standard InChI is InChI=1S/C20H14BN3O2/c21-16-6-7-19(26-13-15-4-1-3-14(9-15)11-22)18(10-16)20(25)24-17-5-2-8-23-12-17/h1-10,12H,13H2,(H,24,25). The fourth-order valence-electron chi connectivity index (χ4n) is 2.38. The van der Waals surface area contributed by atoms with Gasteiger partial charge in [-0.05, 0) is 35.9 Å². The molecule has 0 aliphatic heterocycles. The number of nitriles is 1. The molecule has 1 aromatic heterocycles. The number of pyridine rings is 1. The predicted molar refractivity (Wildman–Crippen MR) is 99.5 cm³/mol. The molecule has 0 unspecified atom stereocenters. The average molecular weight is 339 g/mol. The third-order valence-corrected chi connectivity index (χ3v) is 3.62. The van der Waals surface area contributed by atoms with Crippen LogP contribution in [0.25, 0.3) is 0 Å². The van der Waals surface area contributed by atoms with Crippen molar-refractivity contribution < 1.29 is 9.53 Å². The van der Waals surface area contributed by atoms with E-state index in [1.807, 2.05) is 6.07 Å². The number of benzene rings is 2. The maximum atomic E-state index is 12.6. The minimum atomic E-state index is -0.342. The second kappa shape index (κ2) is 7.99. The van der Waals surface area contributed by atoms with Crippen molar-refractivity contribution in [3.8, 4) is 11.8 Å². The number of carbonyl (C=O) groups excluding carboxylic acids is 1. The summed E-state index contributed by atoms with van der Waals surface area (Å²) in [5.74, 6) is 0.0639. The van der Waals surface area contributed by atoms with Gasteiger partial charge in [0.2, 0.25) is 0 Å². The molecule has 0 bridgehead atoms. The van der Waals surface area contributed by atoms with E-state index in [0.717, 1.165) is 5.56 Å². The van der Waals surface area contributed by atoms with Crippen LogP contribution in [-0.4, -0.2) is 18.7 Å². The summed E-state index contributed by atoms with van der Waals surface area (Å²) >= 11 is 0. The quantitative estimate of drug-likeness (QED) is 0.725. The number of carbonyl (C=O) groups is 1. The summed E-state index contributed by atoms with van der Waals surface area (Å²) < 4.78 is 5.80. The van der Waals surface area contributed by atoms with Gasteiger partial charge in [0.05, 0.1) is 29.1 Å². The van der Waals surface area contributed by atoms with Gasteiger partial charge in [-0.25, -0.2) is 0 Å². The van der Waals surface area contributed by atoms with Gasteiger partial charge in [0, 0.05) is 6.20 Å². The SMILES string of the molecule is [B]c1ccc(OCc2cccc(C#N)c2)c(C(=O)Nc2cccnc2)c1. The fourth-order valence-corrected chi connectivity index (χ4v) is 2.38. The Hall–Kier alpha value is -3.59. The maximum Gasteiger partial charge on any atom is 0.259 e. The van der Waals surface area contributed by atoms with Gasteiger partial charge in [-0.3, -0.25) is 9.78 Å². The number of aromatic nitrogens is 1. The lowest BCUT2D eigenvalue weighted by Gasteiger charge is -2.13. The molecule has 124 valence electrons. The Bertz CT molecular complexity index is 968. The molecule has 2 aromatic carbocycles. The second-order valence-electron chi connectivity index (χ2n) is 5.55. The molecule has 0 spiro atoms. The number of hydrogen-bond acceptors (Lipinski definition) is 4. The highest BCUT2D eigenvalue weighted by molar-refractivity contribution is 6.33. The third-order valence-electron chi connectivity index (χ3n) is 3.62. The van der Waals surface area contributed by atoms with Crippen LogP contribution in [0.5, 0.6) is 5.75 Å². The van der Waals surface area contributed by atoms with E-state index < -0.39 is 0 Å². The molecule has 2 radical (unpaired) electrons. The Morgan fingerprint density at radius 3 is 2.85 bits per heavy atom.